The number of carbonyl (C=O) groups excluding carboxylic acids is 1. The second-order valence-corrected chi connectivity index (χ2v) is 10.3. The Bertz CT molecular complexity index is 874. The monoisotopic (exact) mass is 439 g/mol. The number of fused-ring (bicyclic) bond motifs is 1. The van der Waals surface area contributed by atoms with Crippen molar-refractivity contribution in [3.63, 3.8) is 0 Å². The Morgan fingerprint density at radius 2 is 1.77 bits per heavy atom. The number of benzene rings is 1. The topological polar surface area (TPSA) is 45.7 Å². The SMILES string of the molecule is O=C(c1ccccc1OC1CCN(Cc2nc3c(s2)CCCC3)CC1)N1CCCCC1. The Morgan fingerprint density at radius 1 is 1.00 bits per heavy atom. The van der Waals surface area contributed by atoms with Gasteiger partial charge in [0.15, 0.2) is 0 Å². The van der Waals surface area contributed by atoms with E-state index in [1.54, 1.807) is 0 Å². The molecule has 0 atom stereocenters. The van der Waals surface area contributed by atoms with Gasteiger partial charge in [0.05, 0.1) is 17.8 Å². The maximum Gasteiger partial charge on any atom is 0.257 e. The lowest BCUT2D eigenvalue weighted by molar-refractivity contribution is 0.0702. The molecule has 5 rings (SSSR count). The summed E-state index contributed by atoms with van der Waals surface area (Å²) in [4.78, 5) is 24.0. The molecule has 1 aromatic carbocycles. The summed E-state index contributed by atoms with van der Waals surface area (Å²) in [6.07, 6.45) is 10.6. The summed E-state index contributed by atoms with van der Waals surface area (Å²) in [7, 11) is 0. The minimum atomic E-state index is 0.125. The summed E-state index contributed by atoms with van der Waals surface area (Å²) < 4.78 is 6.38. The molecule has 2 fully saturated rings. The van der Waals surface area contributed by atoms with Crippen LogP contribution in [0.1, 0.15) is 70.9 Å². The molecule has 1 aliphatic carbocycles. The highest BCUT2D eigenvalue weighted by Crippen LogP contribution is 2.29. The van der Waals surface area contributed by atoms with Crippen LogP contribution in [0.25, 0.3) is 0 Å². The van der Waals surface area contributed by atoms with E-state index in [1.165, 1.54) is 41.3 Å². The molecular weight excluding hydrogens is 406 g/mol. The van der Waals surface area contributed by atoms with Gasteiger partial charge in [0.1, 0.15) is 16.9 Å². The molecule has 5 nitrogen and oxygen atoms in total. The molecule has 0 N–H and O–H groups in total. The molecular formula is C25H33N3O2S. The van der Waals surface area contributed by atoms with Crippen molar-refractivity contribution in [2.45, 2.75) is 70.4 Å². The Labute approximate surface area is 189 Å². The minimum Gasteiger partial charge on any atom is -0.489 e. The number of carbonyl (C=O) groups is 1. The van der Waals surface area contributed by atoms with Crippen LogP contribution in [0.5, 0.6) is 5.75 Å². The number of amides is 1. The average molecular weight is 440 g/mol. The predicted molar refractivity (Wildman–Crippen MR) is 124 cm³/mol. The van der Waals surface area contributed by atoms with Crippen LogP contribution in [0.4, 0.5) is 0 Å². The second-order valence-electron chi connectivity index (χ2n) is 9.13. The number of aryl methyl sites for hydroxylation is 2. The molecule has 6 heteroatoms. The van der Waals surface area contributed by atoms with Gasteiger partial charge in [-0.1, -0.05) is 12.1 Å². The quantitative estimate of drug-likeness (QED) is 0.678. The molecule has 0 spiro atoms. The van der Waals surface area contributed by atoms with Crippen molar-refractivity contribution in [3.05, 3.63) is 45.4 Å². The first-order valence-electron chi connectivity index (χ1n) is 12.0. The van der Waals surface area contributed by atoms with E-state index in [0.29, 0.717) is 0 Å². The lowest BCUT2D eigenvalue weighted by Crippen LogP contribution is -2.38. The van der Waals surface area contributed by atoms with Gasteiger partial charge in [0.2, 0.25) is 0 Å². The van der Waals surface area contributed by atoms with E-state index in [4.69, 9.17) is 9.72 Å². The second kappa shape index (κ2) is 9.70. The van der Waals surface area contributed by atoms with Gasteiger partial charge in [-0.3, -0.25) is 9.69 Å². The number of para-hydroxylation sites is 1. The van der Waals surface area contributed by atoms with Gasteiger partial charge in [0.25, 0.3) is 5.91 Å². The Balaban J connectivity index is 1.16. The maximum absolute atomic E-state index is 13.0. The normalized spacial score (nSPS) is 20.5. The van der Waals surface area contributed by atoms with Crippen LogP contribution in [0.15, 0.2) is 24.3 Å². The van der Waals surface area contributed by atoms with Crippen molar-refractivity contribution in [1.29, 1.82) is 0 Å². The van der Waals surface area contributed by atoms with E-state index in [0.717, 1.165) is 76.1 Å². The van der Waals surface area contributed by atoms with Crippen molar-refractivity contribution >= 4 is 17.2 Å². The molecule has 1 amide bonds. The average Bonchev–Trinajstić information content (AvgIpc) is 3.23. The highest BCUT2D eigenvalue weighted by Gasteiger charge is 2.26. The zero-order chi connectivity index (χ0) is 21.0. The summed E-state index contributed by atoms with van der Waals surface area (Å²) in [6.45, 7) is 4.75. The largest absolute Gasteiger partial charge is 0.489 e. The van der Waals surface area contributed by atoms with Crippen molar-refractivity contribution in [1.82, 2.24) is 14.8 Å². The van der Waals surface area contributed by atoms with E-state index >= 15 is 0 Å². The minimum absolute atomic E-state index is 0.125. The van der Waals surface area contributed by atoms with Crippen molar-refractivity contribution in [2.24, 2.45) is 0 Å². The van der Waals surface area contributed by atoms with E-state index in [9.17, 15) is 4.79 Å². The lowest BCUT2D eigenvalue weighted by Gasteiger charge is -2.32. The fraction of sp³-hybridized carbons (Fsp3) is 0.600. The number of hydrogen-bond donors (Lipinski definition) is 0. The molecule has 2 saturated heterocycles. The van der Waals surface area contributed by atoms with E-state index < -0.39 is 0 Å². The third-order valence-corrected chi connectivity index (χ3v) is 7.98. The molecule has 0 saturated carbocycles. The van der Waals surface area contributed by atoms with Gasteiger partial charge in [-0.25, -0.2) is 4.98 Å². The molecule has 166 valence electrons. The van der Waals surface area contributed by atoms with Gasteiger partial charge in [-0.2, -0.15) is 0 Å². The highest BCUT2D eigenvalue weighted by atomic mass is 32.1. The van der Waals surface area contributed by atoms with E-state index in [-0.39, 0.29) is 12.0 Å². The molecule has 31 heavy (non-hydrogen) atoms. The molecule has 2 aliphatic heterocycles. The summed E-state index contributed by atoms with van der Waals surface area (Å²) in [6, 6.07) is 7.80. The number of piperidine rings is 2. The fourth-order valence-corrected chi connectivity index (χ4v) is 6.24. The number of thiazole rings is 1. The van der Waals surface area contributed by atoms with Crippen molar-refractivity contribution in [3.8, 4) is 5.75 Å². The smallest absolute Gasteiger partial charge is 0.257 e. The molecule has 3 aliphatic rings. The van der Waals surface area contributed by atoms with Crippen LogP contribution in [0, 0.1) is 0 Å². The molecule has 0 radical (unpaired) electrons. The standard InChI is InChI=1S/C25H33N3O2S/c29-25(28-14-6-1-7-15-28)20-8-2-4-10-22(20)30-19-12-16-27(17-13-19)18-24-26-21-9-3-5-11-23(21)31-24/h2,4,8,10,19H,1,3,5-7,9,11-18H2. The van der Waals surface area contributed by atoms with Gasteiger partial charge >= 0.3 is 0 Å². The third kappa shape index (κ3) is 4.96. The first-order valence-corrected chi connectivity index (χ1v) is 12.8. The van der Waals surface area contributed by atoms with Crippen molar-refractivity contribution < 1.29 is 9.53 Å². The Hall–Kier alpha value is -1.92. The van der Waals surface area contributed by atoms with Crippen LogP contribution in [0.3, 0.4) is 0 Å². The van der Waals surface area contributed by atoms with Gasteiger partial charge in [-0.15, -0.1) is 11.3 Å². The number of aromatic nitrogens is 1. The first-order chi connectivity index (χ1) is 15.3. The summed E-state index contributed by atoms with van der Waals surface area (Å²) in [5.41, 5.74) is 2.08. The maximum atomic E-state index is 13.0. The van der Waals surface area contributed by atoms with Crippen LogP contribution in [-0.2, 0) is 19.4 Å². The molecule has 0 bridgehead atoms. The third-order valence-electron chi connectivity index (χ3n) is 6.84. The van der Waals surface area contributed by atoms with Gasteiger partial charge in [0, 0.05) is 31.1 Å². The Morgan fingerprint density at radius 3 is 2.58 bits per heavy atom. The van der Waals surface area contributed by atoms with Gasteiger partial charge in [-0.05, 0) is 69.9 Å². The number of hydrogen-bond acceptors (Lipinski definition) is 5. The number of ether oxygens (including phenoxy) is 1. The molecule has 3 heterocycles. The van der Waals surface area contributed by atoms with Crippen LogP contribution in [0.2, 0.25) is 0 Å². The summed E-state index contributed by atoms with van der Waals surface area (Å²) in [5.74, 6) is 0.879. The zero-order valence-corrected chi connectivity index (χ0v) is 19.2. The fourth-order valence-electron chi connectivity index (χ4n) is 5.04. The molecule has 0 unspecified atom stereocenters. The lowest BCUT2D eigenvalue weighted by atomic mass is 10.0. The number of likely N-dealkylation sites (tertiary alicyclic amines) is 2. The first kappa shape index (κ1) is 21.0. The highest BCUT2D eigenvalue weighted by molar-refractivity contribution is 7.11. The number of rotatable bonds is 5. The van der Waals surface area contributed by atoms with E-state index in [2.05, 4.69) is 4.90 Å². The predicted octanol–water partition coefficient (Wildman–Crippen LogP) is 4.69. The molecule has 1 aromatic heterocycles. The van der Waals surface area contributed by atoms with Crippen molar-refractivity contribution in [2.75, 3.05) is 26.2 Å². The van der Waals surface area contributed by atoms with Crippen LogP contribution in [-0.4, -0.2) is 53.0 Å². The van der Waals surface area contributed by atoms with Crippen LogP contribution >= 0.6 is 11.3 Å². The number of nitrogens with zero attached hydrogens (tertiary/aromatic N) is 3. The summed E-state index contributed by atoms with van der Waals surface area (Å²) in [5, 5.41) is 1.28. The summed E-state index contributed by atoms with van der Waals surface area (Å²) >= 11 is 1.92. The van der Waals surface area contributed by atoms with Crippen LogP contribution < -0.4 is 4.74 Å². The Kier molecular flexibility index (Phi) is 6.55. The zero-order valence-electron chi connectivity index (χ0n) is 18.4. The van der Waals surface area contributed by atoms with Gasteiger partial charge < -0.3 is 9.64 Å². The molecule has 2 aromatic rings. The van der Waals surface area contributed by atoms with E-state index in [1.807, 2.05) is 40.5 Å².